The number of hydrogen-bond donors (Lipinski definition) is 1. The van der Waals surface area contributed by atoms with Crippen molar-refractivity contribution in [3.63, 3.8) is 0 Å². The van der Waals surface area contributed by atoms with E-state index < -0.39 is 0 Å². The lowest BCUT2D eigenvalue weighted by Gasteiger charge is -2.22. The first-order valence-electron chi connectivity index (χ1n) is 7.69. The van der Waals surface area contributed by atoms with Crippen LogP contribution >= 0.6 is 0 Å². The highest BCUT2D eigenvalue weighted by molar-refractivity contribution is 5.85. The van der Waals surface area contributed by atoms with Gasteiger partial charge in [-0.3, -0.25) is 9.69 Å². The topological polar surface area (TPSA) is 32.3 Å². The molecule has 0 unspecified atom stereocenters. The van der Waals surface area contributed by atoms with Gasteiger partial charge in [0.2, 0.25) is 5.91 Å². The molecule has 0 atom stereocenters. The monoisotopic (exact) mass is 282 g/mol. The highest BCUT2D eigenvalue weighted by Crippen LogP contribution is 2.30. The maximum absolute atomic E-state index is 11.5. The van der Waals surface area contributed by atoms with E-state index in [-0.39, 0.29) is 5.91 Å². The Labute approximate surface area is 125 Å². The number of nitrogens with one attached hydrogen (secondary N) is 1. The first-order valence-corrected chi connectivity index (χ1v) is 7.69. The third-order valence-corrected chi connectivity index (χ3v) is 4.22. The SMILES string of the molecule is CNC(=O)CCN(Cc1cccc2ccccc12)C1CC1. The summed E-state index contributed by atoms with van der Waals surface area (Å²) in [5.41, 5.74) is 1.36. The maximum Gasteiger partial charge on any atom is 0.221 e. The van der Waals surface area contributed by atoms with Crippen LogP contribution in [0.25, 0.3) is 10.8 Å². The fraction of sp³-hybridized carbons (Fsp3) is 0.389. The predicted octanol–water partition coefficient (Wildman–Crippen LogP) is 2.94. The van der Waals surface area contributed by atoms with Crippen molar-refractivity contribution in [3.8, 4) is 0 Å². The third-order valence-electron chi connectivity index (χ3n) is 4.22. The molecule has 2 aromatic rings. The van der Waals surface area contributed by atoms with E-state index in [1.807, 2.05) is 0 Å². The molecule has 1 amide bonds. The van der Waals surface area contributed by atoms with Crippen molar-refractivity contribution < 1.29 is 4.79 Å². The standard InChI is InChI=1S/C18H22N2O/c1-19-18(21)11-12-20(16-9-10-16)13-15-7-4-6-14-5-2-3-8-17(14)15/h2-8,16H,9-13H2,1H3,(H,19,21). The fourth-order valence-corrected chi connectivity index (χ4v) is 2.85. The number of rotatable bonds is 6. The van der Waals surface area contributed by atoms with Gasteiger partial charge in [0.15, 0.2) is 0 Å². The lowest BCUT2D eigenvalue weighted by atomic mass is 10.0. The van der Waals surface area contributed by atoms with Crippen LogP contribution in [-0.2, 0) is 11.3 Å². The normalized spacial score (nSPS) is 14.6. The summed E-state index contributed by atoms with van der Waals surface area (Å²) in [6.07, 6.45) is 3.11. The first-order chi connectivity index (χ1) is 10.3. The van der Waals surface area contributed by atoms with Crippen LogP contribution in [0.4, 0.5) is 0 Å². The highest BCUT2D eigenvalue weighted by atomic mass is 16.1. The average molecular weight is 282 g/mol. The van der Waals surface area contributed by atoms with E-state index in [1.54, 1.807) is 7.05 Å². The molecule has 1 fully saturated rings. The number of nitrogens with zero attached hydrogens (tertiary/aromatic N) is 1. The summed E-state index contributed by atoms with van der Waals surface area (Å²) in [6.45, 7) is 1.77. The molecule has 0 spiro atoms. The third kappa shape index (κ3) is 3.42. The van der Waals surface area contributed by atoms with E-state index in [0.717, 1.165) is 13.1 Å². The Balaban J connectivity index is 1.76. The number of benzene rings is 2. The molecule has 0 aromatic heterocycles. The molecular formula is C18H22N2O. The second-order valence-electron chi connectivity index (χ2n) is 5.76. The van der Waals surface area contributed by atoms with Crippen molar-refractivity contribution in [1.82, 2.24) is 10.2 Å². The van der Waals surface area contributed by atoms with E-state index in [1.165, 1.54) is 29.2 Å². The van der Waals surface area contributed by atoms with Crippen molar-refractivity contribution >= 4 is 16.7 Å². The van der Waals surface area contributed by atoms with E-state index in [9.17, 15) is 4.79 Å². The van der Waals surface area contributed by atoms with Crippen LogP contribution in [0.1, 0.15) is 24.8 Å². The van der Waals surface area contributed by atoms with E-state index in [0.29, 0.717) is 12.5 Å². The number of amides is 1. The van der Waals surface area contributed by atoms with Crippen LogP contribution in [0.3, 0.4) is 0 Å². The van der Waals surface area contributed by atoms with Gasteiger partial charge in [-0.05, 0) is 29.2 Å². The number of fused-ring (bicyclic) bond motifs is 1. The van der Waals surface area contributed by atoms with Gasteiger partial charge in [-0.2, -0.15) is 0 Å². The molecule has 3 nitrogen and oxygen atoms in total. The first kappa shape index (κ1) is 14.1. The molecule has 0 aliphatic heterocycles. The molecule has 1 aliphatic rings. The summed E-state index contributed by atoms with van der Waals surface area (Å²) in [5, 5.41) is 5.32. The summed E-state index contributed by atoms with van der Waals surface area (Å²) in [4.78, 5) is 13.9. The lowest BCUT2D eigenvalue weighted by molar-refractivity contribution is -0.121. The molecule has 110 valence electrons. The molecule has 0 radical (unpaired) electrons. The van der Waals surface area contributed by atoms with Crippen LogP contribution in [0.5, 0.6) is 0 Å². The molecule has 2 aromatic carbocycles. The Morgan fingerprint density at radius 2 is 1.95 bits per heavy atom. The summed E-state index contributed by atoms with van der Waals surface area (Å²) in [6, 6.07) is 15.7. The van der Waals surface area contributed by atoms with E-state index in [4.69, 9.17) is 0 Å². The highest BCUT2D eigenvalue weighted by Gasteiger charge is 2.29. The van der Waals surface area contributed by atoms with Gasteiger partial charge in [0, 0.05) is 32.6 Å². The number of carbonyl (C=O) groups excluding carboxylic acids is 1. The van der Waals surface area contributed by atoms with Crippen molar-refractivity contribution in [2.45, 2.75) is 31.8 Å². The van der Waals surface area contributed by atoms with Gasteiger partial charge in [-0.25, -0.2) is 0 Å². The summed E-state index contributed by atoms with van der Waals surface area (Å²) in [7, 11) is 1.70. The van der Waals surface area contributed by atoms with Crippen molar-refractivity contribution in [2.75, 3.05) is 13.6 Å². The van der Waals surface area contributed by atoms with Gasteiger partial charge in [0.1, 0.15) is 0 Å². The van der Waals surface area contributed by atoms with Gasteiger partial charge in [0.25, 0.3) is 0 Å². The quantitative estimate of drug-likeness (QED) is 0.883. The molecule has 0 heterocycles. The molecule has 0 bridgehead atoms. The van der Waals surface area contributed by atoms with Gasteiger partial charge in [0.05, 0.1) is 0 Å². The molecule has 3 heteroatoms. The van der Waals surface area contributed by atoms with Gasteiger partial charge in [-0.15, -0.1) is 0 Å². The van der Waals surface area contributed by atoms with Crippen molar-refractivity contribution in [1.29, 1.82) is 0 Å². The minimum absolute atomic E-state index is 0.124. The Morgan fingerprint density at radius 3 is 2.71 bits per heavy atom. The zero-order valence-corrected chi connectivity index (χ0v) is 12.5. The van der Waals surface area contributed by atoms with Crippen molar-refractivity contribution in [2.24, 2.45) is 0 Å². The minimum Gasteiger partial charge on any atom is -0.359 e. The maximum atomic E-state index is 11.5. The summed E-state index contributed by atoms with van der Waals surface area (Å²) in [5.74, 6) is 0.124. The van der Waals surface area contributed by atoms with Crippen LogP contribution in [0.15, 0.2) is 42.5 Å². The molecule has 1 N–H and O–H groups in total. The molecule has 0 saturated heterocycles. The minimum atomic E-state index is 0.124. The van der Waals surface area contributed by atoms with Crippen LogP contribution in [0, 0.1) is 0 Å². The van der Waals surface area contributed by atoms with Crippen LogP contribution in [0.2, 0.25) is 0 Å². The Bertz CT molecular complexity index is 629. The molecule has 3 rings (SSSR count). The van der Waals surface area contributed by atoms with Crippen LogP contribution in [-0.4, -0.2) is 30.4 Å². The van der Waals surface area contributed by atoms with Crippen molar-refractivity contribution in [3.05, 3.63) is 48.0 Å². The molecule has 1 saturated carbocycles. The number of carbonyl (C=O) groups is 1. The summed E-state index contributed by atoms with van der Waals surface area (Å²) >= 11 is 0. The predicted molar refractivity (Wildman–Crippen MR) is 86.1 cm³/mol. The molecule has 1 aliphatic carbocycles. The van der Waals surface area contributed by atoms with E-state index in [2.05, 4.69) is 52.7 Å². The van der Waals surface area contributed by atoms with Crippen LogP contribution < -0.4 is 5.32 Å². The zero-order chi connectivity index (χ0) is 14.7. The van der Waals surface area contributed by atoms with Gasteiger partial charge in [-0.1, -0.05) is 42.5 Å². The van der Waals surface area contributed by atoms with Gasteiger partial charge >= 0.3 is 0 Å². The van der Waals surface area contributed by atoms with E-state index >= 15 is 0 Å². The summed E-state index contributed by atoms with van der Waals surface area (Å²) < 4.78 is 0. The Kier molecular flexibility index (Phi) is 4.20. The van der Waals surface area contributed by atoms with Gasteiger partial charge < -0.3 is 5.32 Å². The molecular weight excluding hydrogens is 260 g/mol. The number of hydrogen-bond acceptors (Lipinski definition) is 2. The Hall–Kier alpha value is -1.87. The Morgan fingerprint density at radius 1 is 1.19 bits per heavy atom. The largest absolute Gasteiger partial charge is 0.359 e. The lowest BCUT2D eigenvalue weighted by Crippen LogP contribution is -2.30. The second-order valence-corrected chi connectivity index (χ2v) is 5.76. The average Bonchev–Trinajstić information content (AvgIpc) is 3.36. The second kappa shape index (κ2) is 6.27. The molecule has 21 heavy (non-hydrogen) atoms. The zero-order valence-electron chi connectivity index (χ0n) is 12.5. The fourth-order valence-electron chi connectivity index (χ4n) is 2.85. The smallest absolute Gasteiger partial charge is 0.221 e.